The van der Waals surface area contributed by atoms with E-state index >= 15 is 0 Å². The van der Waals surface area contributed by atoms with Crippen LogP contribution < -0.4 is 4.90 Å². The molecule has 0 N–H and O–H groups in total. The lowest BCUT2D eigenvalue weighted by atomic mass is 10.1. The van der Waals surface area contributed by atoms with Crippen molar-refractivity contribution in [2.45, 2.75) is 32.2 Å². The van der Waals surface area contributed by atoms with Crippen LogP contribution in [0.3, 0.4) is 0 Å². The smallest absolute Gasteiger partial charge is 0.0898 e. The second-order valence-corrected chi connectivity index (χ2v) is 5.13. The van der Waals surface area contributed by atoms with Crippen LogP contribution in [-0.2, 0) is 11.2 Å². The van der Waals surface area contributed by atoms with Crippen LogP contribution in [0.15, 0.2) is 24.4 Å². The Kier molecular flexibility index (Phi) is 4.89. The summed E-state index contributed by atoms with van der Waals surface area (Å²) in [5.74, 6) is 0. The summed E-state index contributed by atoms with van der Waals surface area (Å²) in [5.41, 5.74) is 3.67. The third kappa shape index (κ3) is 2.63. The summed E-state index contributed by atoms with van der Waals surface area (Å²) in [4.78, 5) is 2.41. The fourth-order valence-corrected chi connectivity index (χ4v) is 2.91. The number of hydrogen-bond acceptors (Lipinski definition) is 3. The van der Waals surface area contributed by atoms with Gasteiger partial charge < -0.3 is 9.64 Å². The van der Waals surface area contributed by atoms with Gasteiger partial charge in [-0.05, 0) is 31.4 Å². The van der Waals surface area contributed by atoms with Gasteiger partial charge in [-0.1, -0.05) is 13.0 Å². The normalized spacial score (nSPS) is 16.1. The summed E-state index contributed by atoms with van der Waals surface area (Å²) < 4.78 is 7.45. The molecule has 0 spiro atoms. The Balaban J connectivity index is 0.00000147. The Morgan fingerprint density at radius 3 is 2.80 bits per heavy atom. The predicted octanol–water partition coefficient (Wildman–Crippen LogP) is 2.93. The zero-order chi connectivity index (χ0) is 13.2. The van der Waals surface area contributed by atoms with E-state index in [0.717, 1.165) is 32.5 Å². The van der Waals surface area contributed by atoms with Gasteiger partial charge in [-0.3, -0.25) is 0 Å². The van der Waals surface area contributed by atoms with Crippen LogP contribution in [0.1, 0.15) is 25.5 Å². The van der Waals surface area contributed by atoms with Crippen LogP contribution in [0.5, 0.6) is 0 Å². The predicted molar refractivity (Wildman–Crippen MR) is 84.1 cm³/mol. The van der Waals surface area contributed by atoms with Gasteiger partial charge in [-0.15, -0.1) is 12.4 Å². The minimum Gasteiger partial charge on any atom is -0.381 e. The minimum absolute atomic E-state index is 0. The van der Waals surface area contributed by atoms with Gasteiger partial charge in [0.05, 0.1) is 16.9 Å². The molecule has 0 aromatic carbocycles. The molecule has 1 saturated heterocycles. The number of hydrogen-bond donors (Lipinski definition) is 0. The van der Waals surface area contributed by atoms with Gasteiger partial charge in [-0.25, -0.2) is 4.52 Å². The molecular formula is C15H22ClN3O. The summed E-state index contributed by atoms with van der Waals surface area (Å²) in [7, 11) is 2.19. The van der Waals surface area contributed by atoms with Crippen LogP contribution in [-0.4, -0.2) is 35.9 Å². The molecule has 0 atom stereocenters. The van der Waals surface area contributed by atoms with Gasteiger partial charge in [0.1, 0.15) is 0 Å². The number of halogens is 1. The van der Waals surface area contributed by atoms with E-state index in [1.165, 1.54) is 16.9 Å². The van der Waals surface area contributed by atoms with E-state index < -0.39 is 0 Å². The first-order valence-corrected chi connectivity index (χ1v) is 7.08. The highest BCUT2D eigenvalue weighted by Crippen LogP contribution is 2.29. The van der Waals surface area contributed by atoms with Gasteiger partial charge in [0.25, 0.3) is 0 Å². The van der Waals surface area contributed by atoms with Crippen molar-refractivity contribution in [3.05, 3.63) is 30.1 Å². The molecular weight excluding hydrogens is 274 g/mol. The maximum atomic E-state index is 5.46. The molecule has 5 heteroatoms. The summed E-state index contributed by atoms with van der Waals surface area (Å²) in [6, 6.07) is 6.82. The molecule has 1 aliphatic rings. The van der Waals surface area contributed by atoms with E-state index in [-0.39, 0.29) is 12.4 Å². The molecule has 0 unspecified atom stereocenters. The van der Waals surface area contributed by atoms with Crippen LogP contribution in [0, 0.1) is 0 Å². The molecule has 2 aromatic rings. The first-order valence-electron chi connectivity index (χ1n) is 7.08. The maximum Gasteiger partial charge on any atom is 0.0898 e. The lowest BCUT2D eigenvalue weighted by molar-refractivity contribution is 0.0855. The third-order valence-electron chi connectivity index (χ3n) is 4.01. The second kappa shape index (κ2) is 6.46. The number of aryl methyl sites for hydroxylation is 1. The van der Waals surface area contributed by atoms with Crippen molar-refractivity contribution in [1.29, 1.82) is 0 Å². The lowest BCUT2D eigenvalue weighted by Gasteiger charge is -2.32. The quantitative estimate of drug-likeness (QED) is 0.872. The molecule has 110 valence electrons. The van der Waals surface area contributed by atoms with E-state index in [2.05, 4.69) is 31.0 Å². The van der Waals surface area contributed by atoms with Crippen LogP contribution in [0.25, 0.3) is 5.52 Å². The molecule has 3 rings (SSSR count). The largest absolute Gasteiger partial charge is 0.381 e. The van der Waals surface area contributed by atoms with E-state index in [9.17, 15) is 0 Å². The van der Waals surface area contributed by atoms with Gasteiger partial charge in [-0.2, -0.15) is 5.10 Å². The lowest BCUT2D eigenvalue weighted by Crippen LogP contribution is -2.37. The number of fused-ring (bicyclic) bond motifs is 1. The zero-order valence-corrected chi connectivity index (χ0v) is 12.9. The molecule has 4 nitrogen and oxygen atoms in total. The second-order valence-electron chi connectivity index (χ2n) is 5.13. The third-order valence-corrected chi connectivity index (χ3v) is 4.01. The summed E-state index contributed by atoms with van der Waals surface area (Å²) in [6.07, 6.45) is 5.19. The summed E-state index contributed by atoms with van der Waals surface area (Å²) in [5, 5.41) is 4.69. The average molecular weight is 296 g/mol. The summed E-state index contributed by atoms with van der Waals surface area (Å²) >= 11 is 0. The highest BCUT2D eigenvalue weighted by atomic mass is 35.5. The first-order chi connectivity index (χ1) is 9.31. The standard InChI is InChI=1S/C15H21N3O.ClH/c1-3-13-15(14-6-4-5-9-18(14)16-13)17(2)12-7-10-19-11-8-12;/h4-6,9,12H,3,7-8,10-11H2,1-2H3;1H. The number of anilines is 1. The summed E-state index contributed by atoms with van der Waals surface area (Å²) in [6.45, 7) is 3.91. The molecule has 1 aliphatic heterocycles. The highest BCUT2D eigenvalue weighted by Gasteiger charge is 2.23. The van der Waals surface area contributed by atoms with Crippen LogP contribution >= 0.6 is 12.4 Å². The van der Waals surface area contributed by atoms with Crippen molar-refractivity contribution in [3.63, 3.8) is 0 Å². The fraction of sp³-hybridized carbons (Fsp3) is 0.533. The van der Waals surface area contributed by atoms with Crippen molar-refractivity contribution in [1.82, 2.24) is 9.61 Å². The Morgan fingerprint density at radius 2 is 2.10 bits per heavy atom. The molecule has 0 radical (unpaired) electrons. The molecule has 0 amide bonds. The molecule has 2 aromatic heterocycles. The van der Waals surface area contributed by atoms with Crippen molar-refractivity contribution >= 4 is 23.6 Å². The van der Waals surface area contributed by atoms with E-state index in [0.29, 0.717) is 6.04 Å². The first kappa shape index (κ1) is 15.1. The number of rotatable bonds is 3. The number of pyridine rings is 1. The Labute approximate surface area is 126 Å². The van der Waals surface area contributed by atoms with Crippen LogP contribution in [0.2, 0.25) is 0 Å². The zero-order valence-electron chi connectivity index (χ0n) is 12.1. The molecule has 0 bridgehead atoms. The van der Waals surface area contributed by atoms with Crippen LogP contribution in [0.4, 0.5) is 5.69 Å². The molecule has 0 saturated carbocycles. The van der Waals surface area contributed by atoms with E-state index in [1.807, 2.05) is 16.8 Å². The van der Waals surface area contributed by atoms with Crippen molar-refractivity contribution in [2.24, 2.45) is 0 Å². The Morgan fingerprint density at radius 1 is 1.35 bits per heavy atom. The van der Waals surface area contributed by atoms with E-state index in [4.69, 9.17) is 9.84 Å². The number of aromatic nitrogens is 2. The van der Waals surface area contributed by atoms with Crippen molar-refractivity contribution in [2.75, 3.05) is 25.2 Å². The van der Waals surface area contributed by atoms with Gasteiger partial charge in [0.15, 0.2) is 0 Å². The highest BCUT2D eigenvalue weighted by molar-refractivity contribution is 5.85. The van der Waals surface area contributed by atoms with Crippen molar-refractivity contribution < 1.29 is 4.74 Å². The Bertz CT molecular complexity index is 563. The monoisotopic (exact) mass is 295 g/mol. The van der Waals surface area contributed by atoms with Gasteiger partial charge >= 0.3 is 0 Å². The maximum absolute atomic E-state index is 5.46. The Hall–Kier alpha value is -1.26. The molecule has 0 aliphatic carbocycles. The fourth-order valence-electron chi connectivity index (χ4n) is 2.91. The van der Waals surface area contributed by atoms with Gasteiger partial charge in [0, 0.05) is 32.5 Å². The average Bonchev–Trinajstić information content (AvgIpc) is 2.86. The molecule has 20 heavy (non-hydrogen) atoms. The number of nitrogens with zero attached hydrogens (tertiary/aromatic N) is 3. The number of ether oxygens (including phenoxy) is 1. The minimum atomic E-state index is 0. The topological polar surface area (TPSA) is 29.8 Å². The molecule has 1 fully saturated rings. The van der Waals surface area contributed by atoms with Crippen molar-refractivity contribution in [3.8, 4) is 0 Å². The SMILES string of the molecule is CCc1nn2ccccc2c1N(C)C1CCOCC1.Cl. The van der Waals surface area contributed by atoms with E-state index in [1.54, 1.807) is 0 Å². The van der Waals surface area contributed by atoms with Gasteiger partial charge in [0.2, 0.25) is 0 Å². The molecule has 3 heterocycles.